The van der Waals surface area contributed by atoms with Crippen LogP contribution < -0.4 is 11.1 Å². The van der Waals surface area contributed by atoms with Gasteiger partial charge in [0, 0.05) is 18.5 Å². The zero-order chi connectivity index (χ0) is 19.3. The molecule has 3 fully saturated rings. The van der Waals surface area contributed by atoms with Crippen LogP contribution in [0.1, 0.15) is 49.4 Å². The van der Waals surface area contributed by atoms with Crippen LogP contribution in [-0.2, 0) is 14.7 Å². The highest BCUT2D eigenvalue weighted by atomic mass is 32.3. The molecule has 1 saturated carbocycles. The van der Waals surface area contributed by atoms with Gasteiger partial charge in [-0.2, -0.15) is 13.5 Å². The second-order valence-corrected chi connectivity index (χ2v) is 7.92. The van der Waals surface area contributed by atoms with Crippen molar-refractivity contribution in [3.8, 4) is 0 Å². The number of urea groups is 1. The van der Waals surface area contributed by atoms with Gasteiger partial charge in [-0.3, -0.25) is 9.96 Å². The minimum absolute atomic E-state index is 0.0630. The van der Waals surface area contributed by atoms with E-state index in [-0.39, 0.29) is 30.4 Å². The Hall–Kier alpha value is -2.45. The second kappa shape index (κ2) is 6.31. The average molecular weight is 401 g/mol. The molecule has 14 heteroatoms. The fourth-order valence-electron chi connectivity index (χ4n) is 3.79. The van der Waals surface area contributed by atoms with E-state index in [1.165, 1.54) is 4.90 Å². The van der Waals surface area contributed by atoms with E-state index in [0.29, 0.717) is 36.6 Å². The highest BCUT2D eigenvalue weighted by molar-refractivity contribution is 7.80. The van der Waals surface area contributed by atoms with Crippen LogP contribution in [0.2, 0.25) is 0 Å². The monoisotopic (exact) mass is 401 g/mol. The third-order valence-electron chi connectivity index (χ3n) is 5.09. The Labute approximate surface area is 154 Å². The summed E-state index contributed by atoms with van der Waals surface area (Å²) >= 11 is 0. The molecule has 0 aromatic carbocycles. The van der Waals surface area contributed by atoms with E-state index in [1.807, 2.05) is 0 Å². The molecule has 5 N–H and O–H groups in total. The summed E-state index contributed by atoms with van der Waals surface area (Å²) in [7, 11) is -4.78. The molecule has 0 radical (unpaired) electrons. The number of nitrogens with zero attached hydrogens (tertiary/aromatic N) is 4. The summed E-state index contributed by atoms with van der Waals surface area (Å²) in [5.74, 6) is 0.735. The first-order valence-electron chi connectivity index (χ1n) is 8.42. The fraction of sp³-hybridized carbons (Fsp3) is 0.692. The summed E-state index contributed by atoms with van der Waals surface area (Å²) in [6.45, 7) is 0.241. The molecule has 1 aromatic heterocycles. The number of hydrogen-bond donors (Lipinski definition) is 4. The number of amides is 2. The van der Waals surface area contributed by atoms with Crippen LogP contribution in [0.4, 0.5) is 4.79 Å². The molecule has 13 nitrogen and oxygen atoms in total. The Morgan fingerprint density at radius 3 is 2.70 bits per heavy atom. The molecular weight excluding hydrogens is 382 g/mol. The summed E-state index contributed by atoms with van der Waals surface area (Å²) in [5.41, 5.74) is 5.30. The van der Waals surface area contributed by atoms with Gasteiger partial charge in [0.15, 0.2) is 5.96 Å². The lowest BCUT2D eigenvalue weighted by molar-refractivity contribution is -0.0317. The van der Waals surface area contributed by atoms with Crippen LogP contribution in [0.15, 0.2) is 4.42 Å². The van der Waals surface area contributed by atoms with Crippen molar-refractivity contribution in [2.24, 2.45) is 5.73 Å². The van der Waals surface area contributed by atoms with Gasteiger partial charge in [-0.15, -0.1) is 14.5 Å². The van der Waals surface area contributed by atoms with Crippen molar-refractivity contribution in [1.82, 2.24) is 25.5 Å². The summed E-state index contributed by atoms with van der Waals surface area (Å²) in [5, 5.41) is 18.8. The summed E-state index contributed by atoms with van der Waals surface area (Å²) in [6, 6.07) is -1.52. The second-order valence-electron chi connectivity index (χ2n) is 6.91. The lowest BCUT2D eigenvalue weighted by atomic mass is 9.80. The van der Waals surface area contributed by atoms with Crippen molar-refractivity contribution in [3.63, 3.8) is 0 Å². The molecule has 2 aliphatic heterocycles. The number of aromatic nitrogens is 2. The number of piperidine rings is 1. The lowest BCUT2D eigenvalue weighted by Gasteiger charge is -2.33. The van der Waals surface area contributed by atoms with Gasteiger partial charge in [-0.25, -0.2) is 4.79 Å². The third kappa shape index (κ3) is 3.42. The van der Waals surface area contributed by atoms with Crippen molar-refractivity contribution in [3.05, 3.63) is 11.8 Å². The van der Waals surface area contributed by atoms with E-state index in [2.05, 4.69) is 19.8 Å². The Morgan fingerprint density at radius 2 is 2.04 bits per heavy atom. The van der Waals surface area contributed by atoms with E-state index in [4.69, 9.17) is 20.1 Å². The molecule has 0 unspecified atom stereocenters. The Bertz CT molecular complexity index is 866. The number of carbonyl (C=O) groups is 1. The van der Waals surface area contributed by atoms with E-state index >= 15 is 0 Å². The van der Waals surface area contributed by atoms with Gasteiger partial charge in [-0.1, -0.05) is 0 Å². The van der Waals surface area contributed by atoms with E-state index in [0.717, 1.165) is 0 Å². The lowest BCUT2D eigenvalue weighted by Crippen LogP contribution is -2.46. The van der Waals surface area contributed by atoms with Gasteiger partial charge >= 0.3 is 16.4 Å². The standard InChI is InChI=1S/C13H19N7O6S/c14-12(15)16-7-3-6(4-7)10-17-18-11(25-10)9-2-1-8-5-19(9)13(21)20(8)26-27(22,23)24/h6-9H,1-5H2,(H4,14,15,16)(H,22,23,24)/t6-,7+,8-,9-/m0/s1. The molecule has 3 heterocycles. The number of fused-ring (bicyclic) bond motifs is 2. The van der Waals surface area contributed by atoms with Gasteiger partial charge in [0.1, 0.15) is 6.04 Å². The van der Waals surface area contributed by atoms with Crippen molar-refractivity contribution in [2.45, 2.75) is 49.7 Å². The maximum atomic E-state index is 12.4. The number of carbonyl (C=O) groups excluding carboxylic acids is 1. The number of hydroxylamine groups is 2. The summed E-state index contributed by atoms with van der Waals surface area (Å²) < 4.78 is 40.9. The maximum Gasteiger partial charge on any atom is 0.418 e. The predicted molar refractivity (Wildman–Crippen MR) is 87.4 cm³/mol. The average Bonchev–Trinajstić information content (AvgIpc) is 3.10. The van der Waals surface area contributed by atoms with Crippen LogP contribution in [0.5, 0.6) is 0 Å². The number of nitrogens with two attached hydrogens (primary N) is 1. The van der Waals surface area contributed by atoms with E-state index in [9.17, 15) is 13.2 Å². The minimum atomic E-state index is -4.78. The first kappa shape index (κ1) is 17.9. The Kier molecular flexibility index (Phi) is 4.20. The first-order valence-corrected chi connectivity index (χ1v) is 9.78. The SMILES string of the molecule is N=C(N)N[C@H]1C[C@@H](c2nnc([C@@H]3CC[C@H]4CN3C(=O)N4OS(=O)(=O)O)o2)C1. The summed E-state index contributed by atoms with van der Waals surface area (Å²) in [4.78, 5) is 13.8. The molecular formula is C13H19N7O6S. The van der Waals surface area contributed by atoms with Gasteiger partial charge in [0.2, 0.25) is 11.8 Å². The molecule has 1 aliphatic carbocycles. The maximum absolute atomic E-state index is 12.4. The molecule has 148 valence electrons. The van der Waals surface area contributed by atoms with E-state index < -0.39 is 28.5 Å². The Morgan fingerprint density at radius 1 is 1.33 bits per heavy atom. The van der Waals surface area contributed by atoms with Crippen LogP contribution in [0.3, 0.4) is 0 Å². The number of rotatable bonds is 5. The first-order chi connectivity index (χ1) is 12.7. The molecule has 2 atom stereocenters. The van der Waals surface area contributed by atoms with Gasteiger partial charge in [0.25, 0.3) is 0 Å². The minimum Gasteiger partial charge on any atom is -0.423 e. The normalized spacial score (nSPS) is 30.3. The van der Waals surface area contributed by atoms with Gasteiger partial charge < -0.3 is 20.4 Å². The highest BCUT2D eigenvalue weighted by Crippen LogP contribution is 2.40. The quantitative estimate of drug-likeness (QED) is 0.284. The largest absolute Gasteiger partial charge is 0.423 e. The number of hydrogen-bond acceptors (Lipinski definition) is 8. The summed E-state index contributed by atoms with van der Waals surface area (Å²) in [6.07, 6.45) is 2.40. The molecule has 2 amide bonds. The number of guanidine groups is 1. The zero-order valence-electron chi connectivity index (χ0n) is 14.1. The van der Waals surface area contributed by atoms with Gasteiger partial charge in [-0.05, 0) is 25.7 Å². The zero-order valence-corrected chi connectivity index (χ0v) is 14.9. The molecule has 0 spiro atoms. The molecule has 2 bridgehead atoms. The fourth-order valence-corrected chi connectivity index (χ4v) is 4.18. The van der Waals surface area contributed by atoms with Gasteiger partial charge in [0.05, 0.1) is 6.04 Å². The topological polar surface area (TPSA) is 188 Å². The number of nitrogens with one attached hydrogen (secondary N) is 2. The molecule has 1 aromatic rings. The highest BCUT2D eigenvalue weighted by Gasteiger charge is 2.49. The predicted octanol–water partition coefficient (Wildman–Crippen LogP) is -0.526. The molecule has 4 rings (SSSR count). The Balaban J connectivity index is 1.43. The molecule has 3 aliphatic rings. The van der Waals surface area contributed by atoms with Crippen LogP contribution >= 0.6 is 0 Å². The smallest absolute Gasteiger partial charge is 0.418 e. The third-order valence-corrected chi connectivity index (χ3v) is 5.43. The molecule has 2 saturated heterocycles. The van der Waals surface area contributed by atoms with Crippen LogP contribution in [0, 0.1) is 5.41 Å². The van der Waals surface area contributed by atoms with Crippen LogP contribution in [0.25, 0.3) is 0 Å². The van der Waals surface area contributed by atoms with Crippen LogP contribution in [-0.4, -0.2) is 63.8 Å². The van der Waals surface area contributed by atoms with E-state index in [1.54, 1.807) is 0 Å². The molecule has 27 heavy (non-hydrogen) atoms. The van der Waals surface area contributed by atoms with Crippen molar-refractivity contribution >= 4 is 22.4 Å². The van der Waals surface area contributed by atoms with Crippen molar-refractivity contribution < 1.29 is 26.5 Å². The van der Waals surface area contributed by atoms with Crippen molar-refractivity contribution in [2.75, 3.05) is 6.54 Å². The van der Waals surface area contributed by atoms with Crippen molar-refractivity contribution in [1.29, 1.82) is 5.41 Å².